The standard InChI is InChI=1S/C10H4BrF6I/c11-4-8(18)5-1-6(9(12,13)14)3-7(2-5)10(15,16)17/h1-4H/b8-4-. The zero-order chi connectivity index (χ0) is 14.1. The van der Waals surface area contributed by atoms with Crippen molar-refractivity contribution in [3.63, 3.8) is 0 Å². The lowest BCUT2D eigenvalue weighted by Crippen LogP contribution is -2.11. The van der Waals surface area contributed by atoms with Crippen LogP contribution >= 0.6 is 38.5 Å². The molecule has 0 saturated heterocycles. The van der Waals surface area contributed by atoms with Crippen molar-refractivity contribution >= 4 is 42.1 Å². The van der Waals surface area contributed by atoms with Crippen LogP contribution in [0.1, 0.15) is 16.7 Å². The van der Waals surface area contributed by atoms with Crippen LogP contribution in [0.15, 0.2) is 23.2 Å². The van der Waals surface area contributed by atoms with Crippen LogP contribution in [-0.2, 0) is 12.4 Å². The normalized spacial score (nSPS) is 13.9. The lowest BCUT2D eigenvalue weighted by atomic mass is 10.0. The maximum Gasteiger partial charge on any atom is 0.416 e. The molecule has 0 N–H and O–H groups in total. The Labute approximate surface area is 120 Å². The third kappa shape index (κ3) is 3.87. The van der Waals surface area contributed by atoms with Crippen LogP contribution in [0.3, 0.4) is 0 Å². The first-order valence-corrected chi connectivity index (χ1v) is 6.31. The monoisotopic (exact) mass is 444 g/mol. The molecule has 0 unspecified atom stereocenters. The Kier molecular flexibility index (Phi) is 4.74. The van der Waals surface area contributed by atoms with Gasteiger partial charge in [-0.1, -0.05) is 15.9 Å². The summed E-state index contributed by atoms with van der Waals surface area (Å²) in [6.45, 7) is 0. The highest BCUT2D eigenvalue weighted by Crippen LogP contribution is 2.38. The van der Waals surface area contributed by atoms with Gasteiger partial charge in [0.1, 0.15) is 0 Å². The molecule has 0 atom stereocenters. The largest absolute Gasteiger partial charge is 0.416 e. The van der Waals surface area contributed by atoms with E-state index in [2.05, 4.69) is 15.9 Å². The molecule has 0 aliphatic carbocycles. The second kappa shape index (κ2) is 5.40. The van der Waals surface area contributed by atoms with Gasteiger partial charge in [0.15, 0.2) is 0 Å². The predicted molar refractivity (Wildman–Crippen MR) is 67.4 cm³/mol. The number of halogens is 8. The first-order chi connectivity index (χ1) is 8.05. The van der Waals surface area contributed by atoms with E-state index >= 15 is 0 Å². The number of rotatable bonds is 1. The summed E-state index contributed by atoms with van der Waals surface area (Å²) in [4.78, 5) is 1.25. The van der Waals surface area contributed by atoms with Gasteiger partial charge in [-0.3, -0.25) is 0 Å². The fourth-order valence-corrected chi connectivity index (χ4v) is 1.73. The number of hydrogen-bond donors (Lipinski definition) is 0. The summed E-state index contributed by atoms with van der Waals surface area (Å²) in [6.07, 6.45) is -9.64. The SMILES string of the molecule is FC(F)(F)c1cc(/C(I)=C/Br)cc(C(F)(F)F)c1. The Balaban J connectivity index is 3.49. The van der Waals surface area contributed by atoms with Gasteiger partial charge in [-0.05, 0) is 51.3 Å². The molecule has 18 heavy (non-hydrogen) atoms. The van der Waals surface area contributed by atoms with Crippen molar-refractivity contribution in [2.75, 3.05) is 0 Å². The molecule has 1 rings (SSSR count). The van der Waals surface area contributed by atoms with Gasteiger partial charge < -0.3 is 0 Å². The summed E-state index contributed by atoms with van der Waals surface area (Å²) in [5.74, 6) is 0. The molecule has 0 aromatic heterocycles. The summed E-state index contributed by atoms with van der Waals surface area (Å²) in [5, 5.41) is 0. The molecule has 0 amide bonds. The van der Waals surface area contributed by atoms with Gasteiger partial charge in [0.2, 0.25) is 0 Å². The number of alkyl halides is 6. The van der Waals surface area contributed by atoms with Crippen LogP contribution in [0.2, 0.25) is 0 Å². The predicted octanol–water partition coefficient (Wildman–Crippen LogP) is 5.85. The topological polar surface area (TPSA) is 0 Å². The van der Waals surface area contributed by atoms with Crippen molar-refractivity contribution in [3.8, 4) is 0 Å². The molecular weight excluding hydrogens is 441 g/mol. The highest BCUT2D eigenvalue weighted by Gasteiger charge is 2.36. The van der Waals surface area contributed by atoms with Gasteiger partial charge in [0, 0.05) is 3.58 Å². The van der Waals surface area contributed by atoms with Gasteiger partial charge in [0.05, 0.1) is 11.1 Å². The van der Waals surface area contributed by atoms with Crippen LogP contribution in [-0.4, -0.2) is 0 Å². The molecule has 1 aromatic carbocycles. The van der Waals surface area contributed by atoms with Crippen LogP contribution < -0.4 is 0 Å². The average molecular weight is 445 g/mol. The number of hydrogen-bond acceptors (Lipinski definition) is 0. The Bertz CT molecular complexity index is 442. The molecule has 0 nitrogen and oxygen atoms in total. The van der Waals surface area contributed by atoms with Gasteiger partial charge in [-0.25, -0.2) is 0 Å². The Morgan fingerprint density at radius 2 is 1.33 bits per heavy atom. The number of benzene rings is 1. The van der Waals surface area contributed by atoms with Crippen molar-refractivity contribution in [3.05, 3.63) is 39.9 Å². The van der Waals surface area contributed by atoms with E-state index in [1.165, 1.54) is 4.99 Å². The first kappa shape index (κ1) is 15.8. The van der Waals surface area contributed by atoms with Gasteiger partial charge in [0.25, 0.3) is 0 Å². The fraction of sp³-hybridized carbons (Fsp3) is 0.200. The van der Waals surface area contributed by atoms with E-state index in [1.807, 2.05) is 0 Å². The molecule has 100 valence electrons. The minimum atomic E-state index is -4.82. The molecule has 0 bridgehead atoms. The maximum atomic E-state index is 12.5. The van der Waals surface area contributed by atoms with Gasteiger partial charge in [-0.2, -0.15) is 26.3 Å². The highest BCUT2D eigenvalue weighted by atomic mass is 127. The van der Waals surface area contributed by atoms with E-state index in [4.69, 9.17) is 0 Å². The maximum absolute atomic E-state index is 12.5. The Hall–Kier alpha value is -0.250. The molecule has 0 fully saturated rings. The molecule has 0 saturated carbocycles. The van der Waals surface area contributed by atoms with E-state index in [-0.39, 0.29) is 15.2 Å². The van der Waals surface area contributed by atoms with E-state index in [0.29, 0.717) is 12.1 Å². The second-order valence-electron chi connectivity index (χ2n) is 3.25. The van der Waals surface area contributed by atoms with E-state index < -0.39 is 23.5 Å². The van der Waals surface area contributed by atoms with Crippen molar-refractivity contribution < 1.29 is 26.3 Å². The second-order valence-corrected chi connectivity index (χ2v) is 4.87. The summed E-state index contributed by atoms with van der Waals surface area (Å²) in [5.41, 5.74) is -2.79. The van der Waals surface area contributed by atoms with Crippen LogP contribution in [0, 0.1) is 0 Å². The zero-order valence-corrected chi connectivity index (χ0v) is 12.1. The van der Waals surface area contributed by atoms with Crippen molar-refractivity contribution in [2.45, 2.75) is 12.4 Å². The summed E-state index contributed by atoms with van der Waals surface area (Å²) in [7, 11) is 0. The third-order valence-electron chi connectivity index (χ3n) is 1.96. The smallest absolute Gasteiger partial charge is 0.166 e. The third-order valence-corrected chi connectivity index (χ3v) is 4.21. The van der Waals surface area contributed by atoms with E-state index in [1.54, 1.807) is 22.6 Å². The van der Waals surface area contributed by atoms with Crippen LogP contribution in [0.25, 0.3) is 3.58 Å². The summed E-state index contributed by atoms with van der Waals surface area (Å²) < 4.78 is 75.3. The van der Waals surface area contributed by atoms with Crippen LogP contribution in [0.4, 0.5) is 26.3 Å². The lowest BCUT2D eigenvalue weighted by Gasteiger charge is -2.13. The van der Waals surface area contributed by atoms with Gasteiger partial charge in [-0.15, -0.1) is 0 Å². The Morgan fingerprint density at radius 3 is 1.61 bits per heavy atom. The van der Waals surface area contributed by atoms with Crippen molar-refractivity contribution in [1.29, 1.82) is 0 Å². The molecule has 0 heterocycles. The average Bonchev–Trinajstić information content (AvgIpc) is 2.25. The molecule has 8 heteroatoms. The lowest BCUT2D eigenvalue weighted by molar-refractivity contribution is -0.143. The summed E-state index contributed by atoms with van der Waals surface area (Å²) >= 11 is 4.51. The minimum Gasteiger partial charge on any atom is -0.166 e. The quantitative estimate of drug-likeness (QED) is 0.376. The molecule has 0 spiro atoms. The van der Waals surface area contributed by atoms with Gasteiger partial charge >= 0.3 is 12.4 Å². The van der Waals surface area contributed by atoms with E-state index in [9.17, 15) is 26.3 Å². The highest BCUT2D eigenvalue weighted by molar-refractivity contribution is 14.1. The van der Waals surface area contributed by atoms with Crippen molar-refractivity contribution in [1.82, 2.24) is 0 Å². The molecule has 1 aromatic rings. The van der Waals surface area contributed by atoms with Crippen molar-refractivity contribution in [2.24, 2.45) is 0 Å². The molecule has 0 aliphatic heterocycles. The zero-order valence-electron chi connectivity index (χ0n) is 8.33. The fourth-order valence-electron chi connectivity index (χ4n) is 1.16. The summed E-state index contributed by atoms with van der Waals surface area (Å²) in [6, 6.07) is 1.45. The first-order valence-electron chi connectivity index (χ1n) is 4.31. The minimum absolute atomic E-state index is 0.0989. The molecule has 0 aliphatic rings. The van der Waals surface area contributed by atoms with Crippen LogP contribution in [0.5, 0.6) is 0 Å². The molecular formula is C10H4BrF6I. The Morgan fingerprint density at radius 1 is 0.944 bits per heavy atom. The van der Waals surface area contributed by atoms with E-state index in [0.717, 1.165) is 0 Å². The molecule has 0 radical (unpaired) electrons.